The van der Waals surface area contributed by atoms with Crippen LogP contribution in [0.4, 0.5) is 4.39 Å². The summed E-state index contributed by atoms with van der Waals surface area (Å²) in [5.41, 5.74) is 0.534. The number of benzene rings is 2. The Bertz CT molecular complexity index is 1300. The van der Waals surface area contributed by atoms with E-state index in [0.717, 1.165) is 0 Å². The Morgan fingerprint density at radius 1 is 1.04 bits per heavy atom. The molecular formula is C21H18FN3O2. The van der Waals surface area contributed by atoms with Crippen molar-refractivity contribution in [3.8, 4) is 5.69 Å². The van der Waals surface area contributed by atoms with Gasteiger partial charge in [0.1, 0.15) is 17.0 Å². The number of pyridine rings is 1. The van der Waals surface area contributed by atoms with Crippen LogP contribution in [-0.2, 0) is 7.05 Å². The summed E-state index contributed by atoms with van der Waals surface area (Å²) < 4.78 is 16.9. The molecule has 2 aromatic heterocycles. The fourth-order valence-corrected chi connectivity index (χ4v) is 3.41. The number of nitrogens with zero attached hydrogens (tertiary/aromatic N) is 3. The zero-order valence-corrected chi connectivity index (χ0v) is 15.2. The fraction of sp³-hybridized carbons (Fsp3) is 0.190. The molecule has 0 N–H and O–H groups in total. The van der Waals surface area contributed by atoms with Gasteiger partial charge in [-0.05, 0) is 30.3 Å². The summed E-state index contributed by atoms with van der Waals surface area (Å²) in [6.45, 7) is 3.89. The average molecular weight is 363 g/mol. The van der Waals surface area contributed by atoms with Crippen molar-refractivity contribution in [3.63, 3.8) is 0 Å². The lowest BCUT2D eigenvalue weighted by Gasteiger charge is -2.17. The van der Waals surface area contributed by atoms with Gasteiger partial charge in [-0.3, -0.25) is 14.2 Å². The summed E-state index contributed by atoms with van der Waals surface area (Å²) >= 11 is 0. The molecule has 27 heavy (non-hydrogen) atoms. The average Bonchev–Trinajstić information content (AvgIpc) is 2.66. The van der Waals surface area contributed by atoms with Crippen molar-refractivity contribution in [2.45, 2.75) is 19.8 Å². The topological polar surface area (TPSA) is 56.9 Å². The van der Waals surface area contributed by atoms with Gasteiger partial charge in [0.2, 0.25) is 5.43 Å². The molecule has 6 heteroatoms. The van der Waals surface area contributed by atoms with Crippen molar-refractivity contribution in [1.82, 2.24) is 14.1 Å². The standard InChI is InChI=1S/C21H18FN3O2/c1-12(2)19-23-20-17(21(27)25(19)14-7-5-4-6-8-14)18(26)15-11-13(22)9-10-16(15)24(20)3/h4-12H,1-3H3. The Hall–Kier alpha value is -3.28. The SMILES string of the molecule is CC(C)c1nc2c(c(=O)c3cc(F)ccc3n2C)c(=O)n1-c1ccccc1. The summed E-state index contributed by atoms with van der Waals surface area (Å²) in [4.78, 5) is 31.1. The van der Waals surface area contributed by atoms with Crippen LogP contribution in [-0.4, -0.2) is 14.1 Å². The van der Waals surface area contributed by atoms with E-state index in [2.05, 4.69) is 4.98 Å². The minimum Gasteiger partial charge on any atom is -0.328 e. The van der Waals surface area contributed by atoms with Crippen molar-refractivity contribution < 1.29 is 4.39 Å². The molecule has 2 heterocycles. The van der Waals surface area contributed by atoms with E-state index in [-0.39, 0.29) is 16.7 Å². The molecule has 0 amide bonds. The van der Waals surface area contributed by atoms with Gasteiger partial charge in [0.15, 0.2) is 5.65 Å². The molecule has 0 aliphatic carbocycles. The van der Waals surface area contributed by atoms with Gasteiger partial charge in [0, 0.05) is 18.4 Å². The van der Waals surface area contributed by atoms with E-state index < -0.39 is 16.8 Å². The quantitative estimate of drug-likeness (QED) is 0.512. The summed E-state index contributed by atoms with van der Waals surface area (Å²) in [7, 11) is 1.73. The van der Waals surface area contributed by atoms with E-state index >= 15 is 0 Å². The summed E-state index contributed by atoms with van der Waals surface area (Å²) in [6, 6.07) is 13.1. The third kappa shape index (κ3) is 2.56. The number of aryl methyl sites for hydroxylation is 1. The fourth-order valence-electron chi connectivity index (χ4n) is 3.41. The Kier molecular flexibility index (Phi) is 3.91. The van der Waals surface area contributed by atoms with Gasteiger partial charge in [-0.2, -0.15) is 0 Å². The van der Waals surface area contributed by atoms with E-state index in [1.807, 2.05) is 32.0 Å². The van der Waals surface area contributed by atoms with Gasteiger partial charge in [0.25, 0.3) is 5.56 Å². The molecule has 2 aromatic carbocycles. The predicted molar refractivity (Wildman–Crippen MR) is 104 cm³/mol. The van der Waals surface area contributed by atoms with Crippen LogP contribution in [0.15, 0.2) is 58.1 Å². The third-order valence-electron chi connectivity index (χ3n) is 4.73. The molecule has 0 atom stereocenters. The zero-order valence-electron chi connectivity index (χ0n) is 15.2. The lowest BCUT2D eigenvalue weighted by atomic mass is 10.1. The van der Waals surface area contributed by atoms with Crippen molar-refractivity contribution in [2.24, 2.45) is 7.05 Å². The minimum atomic E-state index is -0.519. The third-order valence-corrected chi connectivity index (χ3v) is 4.73. The van der Waals surface area contributed by atoms with Crippen LogP contribution in [0.3, 0.4) is 0 Å². The first-order valence-electron chi connectivity index (χ1n) is 8.70. The summed E-state index contributed by atoms with van der Waals surface area (Å²) in [5, 5.41) is 0.129. The predicted octanol–water partition coefficient (Wildman–Crippen LogP) is 3.50. The van der Waals surface area contributed by atoms with Crippen LogP contribution in [0.5, 0.6) is 0 Å². The van der Waals surface area contributed by atoms with Crippen molar-refractivity contribution in [1.29, 1.82) is 0 Å². The smallest absolute Gasteiger partial charge is 0.271 e. The van der Waals surface area contributed by atoms with Gasteiger partial charge >= 0.3 is 0 Å². The molecule has 4 aromatic rings. The van der Waals surface area contributed by atoms with Crippen LogP contribution in [0.1, 0.15) is 25.6 Å². The number of rotatable bonds is 2. The summed E-state index contributed by atoms with van der Waals surface area (Å²) in [5.74, 6) is 0.00517. The van der Waals surface area contributed by atoms with Gasteiger partial charge in [-0.1, -0.05) is 32.0 Å². The van der Waals surface area contributed by atoms with Crippen molar-refractivity contribution in [2.75, 3.05) is 0 Å². The molecule has 0 radical (unpaired) electrons. The maximum atomic E-state index is 13.7. The first kappa shape index (κ1) is 17.1. The maximum absolute atomic E-state index is 13.7. The minimum absolute atomic E-state index is 0.0381. The highest BCUT2D eigenvalue weighted by Gasteiger charge is 2.20. The lowest BCUT2D eigenvalue weighted by Crippen LogP contribution is -2.30. The number of fused-ring (bicyclic) bond motifs is 2. The second-order valence-corrected chi connectivity index (χ2v) is 6.85. The molecule has 0 aliphatic rings. The summed E-state index contributed by atoms with van der Waals surface area (Å²) in [6.07, 6.45) is 0. The number of aromatic nitrogens is 3. The molecule has 5 nitrogen and oxygen atoms in total. The Morgan fingerprint density at radius 3 is 2.41 bits per heavy atom. The molecule has 0 spiro atoms. The molecule has 0 saturated carbocycles. The van der Waals surface area contributed by atoms with Gasteiger partial charge < -0.3 is 4.57 Å². The molecular weight excluding hydrogens is 345 g/mol. The van der Waals surface area contributed by atoms with E-state index in [1.165, 1.54) is 22.8 Å². The molecule has 0 unspecified atom stereocenters. The first-order valence-corrected chi connectivity index (χ1v) is 8.70. The van der Waals surface area contributed by atoms with Crippen LogP contribution in [0.25, 0.3) is 27.6 Å². The van der Waals surface area contributed by atoms with Gasteiger partial charge in [-0.15, -0.1) is 0 Å². The molecule has 0 aliphatic heterocycles. The second kappa shape index (κ2) is 6.16. The van der Waals surface area contributed by atoms with Crippen molar-refractivity contribution >= 4 is 21.9 Å². The lowest BCUT2D eigenvalue weighted by molar-refractivity contribution is 0.629. The highest BCUT2D eigenvalue weighted by Crippen LogP contribution is 2.20. The highest BCUT2D eigenvalue weighted by atomic mass is 19.1. The van der Waals surface area contributed by atoms with Crippen LogP contribution >= 0.6 is 0 Å². The van der Waals surface area contributed by atoms with E-state index in [1.54, 1.807) is 23.7 Å². The normalized spacial score (nSPS) is 11.6. The number of para-hydroxylation sites is 1. The van der Waals surface area contributed by atoms with E-state index in [9.17, 15) is 14.0 Å². The first-order chi connectivity index (χ1) is 12.9. The zero-order chi connectivity index (χ0) is 19.3. The van der Waals surface area contributed by atoms with Gasteiger partial charge in [-0.25, -0.2) is 9.37 Å². The van der Waals surface area contributed by atoms with Crippen molar-refractivity contribution in [3.05, 3.63) is 80.7 Å². The second-order valence-electron chi connectivity index (χ2n) is 6.85. The number of halogens is 1. The molecule has 136 valence electrons. The largest absolute Gasteiger partial charge is 0.328 e. The monoisotopic (exact) mass is 363 g/mol. The maximum Gasteiger partial charge on any atom is 0.271 e. The number of hydrogen-bond donors (Lipinski definition) is 0. The Morgan fingerprint density at radius 2 is 1.74 bits per heavy atom. The number of hydrogen-bond acceptors (Lipinski definition) is 3. The molecule has 0 fully saturated rings. The van der Waals surface area contributed by atoms with Crippen LogP contribution in [0.2, 0.25) is 0 Å². The Labute approximate surface area is 154 Å². The van der Waals surface area contributed by atoms with E-state index in [4.69, 9.17) is 0 Å². The van der Waals surface area contributed by atoms with Gasteiger partial charge in [0.05, 0.1) is 11.2 Å². The molecule has 0 saturated heterocycles. The Balaban J connectivity index is 2.27. The highest BCUT2D eigenvalue weighted by molar-refractivity contribution is 5.91. The molecule has 0 bridgehead atoms. The van der Waals surface area contributed by atoms with Crippen LogP contribution in [0, 0.1) is 5.82 Å². The molecule has 4 rings (SSSR count). The van der Waals surface area contributed by atoms with E-state index in [0.29, 0.717) is 22.7 Å². The van der Waals surface area contributed by atoms with Crippen LogP contribution < -0.4 is 11.0 Å².